The summed E-state index contributed by atoms with van der Waals surface area (Å²) in [5.41, 5.74) is 1.89. The van der Waals surface area contributed by atoms with Crippen molar-refractivity contribution in [2.24, 2.45) is 0 Å². The van der Waals surface area contributed by atoms with E-state index in [0.717, 1.165) is 0 Å². The Morgan fingerprint density at radius 2 is 1.65 bits per heavy atom. The zero-order valence-corrected chi connectivity index (χ0v) is 13.4. The number of benzene rings is 2. The van der Waals surface area contributed by atoms with Gasteiger partial charge < -0.3 is 9.72 Å². The monoisotopic (exact) mass is 378 g/mol. The summed E-state index contributed by atoms with van der Waals surface area (Å²) >= 11 is 17.2. The molecule has 0 spiro atoms. The third-order valence-electron chi connectivity index (χ3n) is 3.05. The molecule has 0 atom stereocenters. The lowest BCUT2D eigenvalue weighted by Crippen LogP contribution is -2.17. The van der Waals surface area contributed by atoms with E-state index in [1.54, 1.807) is 16.7 Å². The molecule has 0 fully saturated rings. The van der Waals surface area contributed by atoms with Crippen molar-refractivity contribution in [2.75, 3.05) is 0 Å². The minimum absolute atomic E-state index is 0.311. The Bertz CT molecular complexity index is 932. The van der Waals surface area contributed by atoms with Gasteiger partial charge in [0.1, 0.15) is 5.75 Å². The van der Waals surface area contributed by atoms with Gasteiger partial charge in [-0.05, 0) is 48.6 Å². The Morgan fingerprint density at radius 1 is 1.04 bits per heavy atom. The van der Waals surface area contributed by atoms with Crippen LogP contribution in [0.4, 0.5) is 13.2 Å². The number of rotatable bonds is 2. The van der Waals surface area contributed by atoms with Crippen molar-refractivity contribution < 1.29 is 17.9 Å². The van der Waals surface area contributed by atoms with Crippen LogP contribution in [-0.2, 0) is 0 Å². The number of imidazole rings is 1. The van der Waals surface area contributed by atoms with Crippen molar-refractivity contribution in [3.63, 3.8) is 0 Å². The van der Waals surface area contributed by atoms with E-state index in [4.69, 9.17) is 35.4 Å². The largest absolute Gasteiger partial charge is 0.573 e. The predicted molar refractivity (Wildman–Crippen MR) is 85.2 cm³/mol. The van der Waals surface area contributed by atoms with E-state index in [-0.39, 0.29) is 5.75 Å². The van der Waals surface area contributed by atoms with E-state index in [1.807, 2.05) is 0 Å². The number of fused-ring (bicyclic) bond motifs is 1. The number of hydrogen-bond donors (Lipinski definition) is 1. The van der Waals surface area contributed by atoms with Crippen molar-refractivity contribution in [1.82, 2.24) is 9.55 Å². The number of nitrogens with zero attached hydrogens (tertiary/aromatic N) is 1. The summed E-state index contributed by atoms with van der Waals surface area (Å²) in [7, 11) is 0. The van der Waals surface area contributed by atoms with Crippen molar-refractivity contribution in [3.8, 4) is 11.4 Å². The number of halogens is 5. The van der Waals surface area contributed by atoms with E-state index in [2.05, 4.69) is 9.72 Å². The Hall–Kier alpha value is -1.70. The lowest BCUT2D eigenvalue weighted by Gasteiger charge is -2.10. The molecule has 1 N–H and O–H groups in total. The molecule has 3 rings (SSSR count). The van der Waals surface area contributed by atoms with Crippen molar-refractivity contribution in [3.05, 3.63) is 51.2 Å². The summed E-state index contributed by atoms with van der Waals surface area (Å²) < 4.78 is 42.4. The van der Waals surface area contributed by atoms with Gasteiger partial charge in [-0.3, -0.25) is 4.57 Å². The molecule has 0 saturated heterocycles. The lowest BCUT2D eigenvalue weighted by atomic mass is 10.2. The van der Waals surface area contributed by atoms with E-state index in [9.17, 15) is 13.2 Å². The van der Waals surface area contributed by atoms with Gasteiger partial charge in [0.15, 0.2) is 4.77 Å². The van der Waals surface area contributed by atoms with E-state index in [1.165, 1.54) is 24.3 Å². The van der Waals surface area contributed by atoms with Gasteiger partial charge in [-0.15, -0.1) is 13.2 Å². The first-order valence-electron chi connectivity index (χ1n) is 6.20. The first-order chi connectivity index (χ1) is 10.7. The van der Waals surface area contributed by atoms with Crippen LogP contribution in [0.2, 0.25) is 10.0 Å². The van der Waals surface area contributed by atoms with Crippen molar-refractivity contribution >= 4 is 46.5 Å². The standard InChI is InChI=1S/C14H7Cl2F3N2OS/c15-9-5-11-12(6-10(9)16)21(13(23)20-11)7-1-3-8(4-2-7)22-14(17,18)19/h1-6H,(H,20,23). The van der Waals surface area contributed by atoms with Crippen molar-refractivity contribution in [1.29, 1.82) is 0 Å². The molecule has 0 radical (unpaired) electrons. The molecule has 0 unspecified atom stereocenters. The smallest absolute Gasteiger partial charge is 0.406 e. The number of aromatic nitrogens is 2. The van der Waals surface area contributed by atoms with Crippen LogP contribution in [0.1, 0.15) is 0 Å². The predicted octanol–water partition coefficient (Wildman–Crippen LogP) is 5.89. The third-order valence-corrected chi connectivity index (χ3v) is 4.06. The maximum absolute atomic E-state index is 12.2. The highest BCUT2D eigenvalue weighted by molar-refractivity contribution is 7.71. The molecular formula is C14H7Cl2F3N2OS. The summed E-state index contributed by atoms with van der Waals surface area (Å²) in [6.45, 7) is 0. The maximum Gasteiger partial charge on any atom is 0.573 e. The van der Waals surface area contributed by atoms with Gasteiger partial charge in [0, 0.05) is 5.69 Å². The zero-order valence-electron chi connectivity index (χ0n) is 11.1. The van der Waals surface area contributed by atoms with Crippen LogP contribution in [-0.4, -0.2) is 15.9 Å². The fourth-order valence-corrected chi connectivity index (χ4v) is 2.79. The Kier molecular flexibility index (Phi) is 4.03. The molecule has 0 aliphatic heterocycles. The molecule has 1 aromatic heterocycles. The number of hydrogen-bond acceptors (Lipinski definition) is 2. The Morgan fingerprint density at radius 3 is 2.26 bits per heavy atom. The van der Waals surface area contributed by atoms with Crippen LogP contribution in [0.5, 0.6) is 5.75 Å². The number of nitrogens with one attached hydrogen (secondary N) is 1. The molecule has 1 heterocycles. The van der Waals surface area contributed by atoms with Gasteiger partial charge in [-0.2, -0.15) is 0 Å². The number of H-pyrrole nitrogens is 1. The van der Waals surface area contributed by atoms with Crippen LogP contribution >= 0.6 is 35.4 Å². The van der Waals surface area contributed by atoms with Gasteiger partial charge in [-0.25, -0.2) is 0 Å². The van der Waals surface area contributed by atoms with Crippen LogP contribution < -0.4 is 4.74 Å². The van der Waals surface area contributed by atoms with Crippen LogP contribution in [0.3, 0.4) is 0 Å². The molecule has 120 valence electrons. The molecular weight excluding hydrogens is 372 g/mol. The Labute approximate surface area is 143 Å². The highest BCUT2D eigenvalue weighted by Gasteiger charge is 2.31. The molecule has 3 aromatic rings. The molecule has 0 aliphatic rings. The summed E-state index contributed by atoms with van der Waals surface area (Å²) in [4.78, 5) is 2.97. The minimum atomic E-state index is -4.73. The van der Waals surface area contributed by atoms with Gasteiger partial charge in [0.05, 0.1) is 21.1 Å². The second kappa shape index (κ2) is 5.74. The first-order valence-corrected chi connectivity index (χ1v) is 7.37. The van der Waals surface area contributed by atoms with Crippen LogP contribution in [0, 0.1) is 4.77 Å². The highest BCUT2D eigenvalue weighted by atomic mass is 35.5. The van der Waals surface area contributed by atoms with E-state index >= 15 is 0 Å². The van der Waals surface area contributed by atoms with Crippen LogP contribution in [0.25, 0.3) is 16.7 Å². The normalized spacial score (nSPS) is 11.9. The maximum atomic E-state index is 12.2. The number of alkyl halides is 3. The molecule has 3 nitrogen and oxygen atoms in total. The molecule has 0 aliphatic carbocycles. The average molecular weight is 379 g/mol. The second-order valence-electron chi connectivity index (χ2n) is 4.59. The molecule has 0 saturated carbocycles. The lowest BCUT2D eigenvalue weighted by molar-refractivity contribution is -0.274. The summed E-state index contributed by atoms with van der Waals surface area (Å²) in [6.07, 6.45) is -4.73. The van der Waals surface area contributed by atoms with Crippen LogP contribution in [0.15, 0.2) is 36.4 Å². The molecule has 0 bridgehead atoms. The molecule has 2 aromatic carbocycles. The van der Waals surface area contributed by atoms with E-state index in [0.29, 0.717) is 31.5 Å². The van der Waals surface area contributed by atoms with Crippen molar-refractivity contribution in [2.45, 2.75) is 6.36 Å². The Balaban J connectivity index is 2.08. The van der Waals surface area contributed by atoms with Gasteiger partial charge in [0.25, 0.3) is 0 Å². The SMILES string of the molecule is FC(F)(F)Oc1ccc(-n2c(=S)[nH]c3cc(Cl)c(Cl)cc32)cc1. The second-order valence-corrected chi connectivity index (χ2v) is 5.79. The highest BCUT2D eigenvalue weighted by Crippen LogP contribution is 2.30. The van der Waals surface area contributed by atoms with Gasteiger partial charge >= 0.3 is 6.36 Å². The first kappa shape index (κ1) is 16.2. The number of ether oxygens (including phenoxy) is 1. The summed E-state index contributed by atoms with van der Waals surface area (Å²) in [6, 6.07) is 8.61. The average Bonchev–Trinajstić information content (AvgIpc) is 2.74. The molecule has 23 heavy (non-hydrogen) atoms. The molecule has 0 amide bonds. The summed E-state index contributed by atoms with van der Waals surface area (Å²) in [5.74, 6) is -0.311. The third kappa shape index (κ3) is 3.31. The number of aromatic amines is 1. The summed E-state index contributed by atoms with van der Waals surface area (Å²) in [5, 5.41) is 0.718. The quantitative estimate of drug-likeness (QED) is 0.563. The molecule has 9 heteroatoms. The van der Waals surface area contributed by atoms with Gasteiger partial charge in [0.2, 0.25) is 0 Å². The minimum Gasteiger partial charge on any atom is -0.406 e. The van der Waals surface area contributed by atoms with E-state index < -0.39 is 6.36 Å². The fraction of sp³-hybridized carbons (Fsp3) is 0.0714. The zero-order chi connectivity index (χ0) is 16.8. The fourth-order valence-electron chi connectivity index (χ4n) is 2.16. The topological polar surface area (TPSA) is 29.9 Å². The van der Waals surface area contributed by atoms with Gasteiger partial charge in [-0.1, -0.05) is 23.2 Å².